The molecule has 1 aromatic carbocycles. The predicted octanol–water partition coefficient (Wildman–Crippen LogP) is 3.85. The van der Waals surface area contributed by atoms with E-state index in [2.05, 4.69) is 48.8 Å². The van der Waals surface area contributed by atoms with Gasteiger partial charge >= 0.3 is 0 Å². The lowest BCUT2D eigenvalue weighted by molar-refractivity contribution is -0.113. The Morgan fingerprint density at radius 1 is 1.40 bits per heavy atom. The number of carbonyl (C=O) groups is 1. The van der Waals surface area contributed by atoms with Crippen LogP contribution in [-0.4, -0.2) is 6.29 Å². The fraction of sp³-hybridized carbons (Fsp3) is 0.462. The molecule has 82 valence electrons. The molecule has 0 spiro atoms. The van der Waals surface area contributed by atoms with Gasteiger partial charge in [0.1, 0.15) is 6.29 Å². The molecule has 1 aromatic rings. The van der Waals surface area contributed by atoms with E-state index >= 15 is 0 Å². The maximum atomic E-state index is 11.0. The third kappa shape index (κ3) is 3.78. The summed E-state index contributed by atoms with van der Waals surface area (Å²) in [5, 5.41) is 0. The molecule has 0 saturated carbocycles. The van der Waals surface area contributed by atoms with Crippen molar-refractivity contribution >= 4 is 22.2 Å². The number of halogens is 1. The molecule has 0 aliphatic carbocycles. The van der Waals surface area contributed by atoms with E-state index in [9.17, 15) is 4.79 Å². The first-order valence-electron chi connectivity index (χ1n) is 5.13. The van der Waals surface area contributed by atoms with E-state index in [0.29, 0.717) is 0 Å². The van der Waals surface area contributed by atoms with Crippen molar-refractivity contribution in [3.8, 4) is 0 Å². The first-order chi connectivity index (χ1) is 6.93. The van der Waals surface area contributed by atoms with Crippen molar-refractivity contribution in [2.75, 3.05) is 0 Å². The van der Waals surface area contributed by atoms with E-state index in [0.717, 1.165) is 17.2 Å². The van der Waals surface area contributed by atoms with Gasteiger partial charge in [-0.2, -0.15) is 0 Å². The Morgan fingerprint density at radius 2 is 2.07 bits per heavy atom. The molecule has 15 heavy (non-hydrogen) atoms. The maximum Gasteiger partial charge on any atom is 0.123 e. The summed E-state index contributed by atoms with van der Waals surface area (Å²) in [4.78, 5) is 11.0. The maximum absolute atomic E-state index is 11.0. The number of benzene rings is 1. The van der Waals surface area contributed by atoms with Crippen molar-refractivity contribution in [2.24, 2.45) is 11.3 Å². The van der Waals surface area contributed by atoms with Gasteiger partial charge in [0.15, 0.2) is 0 Å². The lowest BCUT2D eigenvalue weighted by atomic mass is 9.78. The van der Waals surface area contributed by atoms with Crippen molar-refractivity contribution in [2.45, 2.75) is 27.2 Å². The highest BCUT2D eigenvalue weighted by Crippen LogP contribution is 2.28. The number of hydrogen-bond donors (Lipinski definition) is 0. The lowest BCUT2D eigenvalue weighted by Gasteiger charge is -2.25. The van der Waals surface area contributed by atoms with Crippen molar-refractivity contribution in [3.05, 3.63) is 34.3 Å². The normalized spacial score (nSPS) is 13.6. The van der Waals surface area contributed by atoms with Gasteiger partial charge in [-0.1, -0.05) is 48.8 Å². The molecule has 0 fully saturated rings. The van der Waals surface area contributed by atoms with Crippen molar-refractivity contribution in [1.29, 1.82) is 0 Å². The summed E-state index contributed by atoms with van der Waals surface area (Å²) in [7, 11) is 0. The van der Waals surface area contributed by atoms with Crippen LogP contribution < -0.4 is 0 Å². The number of hydrogen-bond acceptors (Lipinski definition) is 1. The quantitative estimate of drug-likeness (QED) is 0.762. The number of rotatable bonds is 3. The minimum atomic E-state index is 0.0318. The van der Waals surface area contributed by atoms with Crippen LogP contribution >= 0.6 is 15.9 Å². The summed E-state index contributed by atoms with van der Waals surface area (Å²) in [6.07, 6.45) is 1.88. The minimum Gasteiger partial charge on any atom is -0.303 e. The van der Waals surface area contributed by atoms with Gasteiger partial charge in [-0.05, 0) is 29.5 Å². The first kappa shape index (κ1) is 12.4. The Balaban J connectivity index is 2.80. The molecule has 0 aliphatic rings. The van der Waals surface area contributed by atoms with Crippen molar-refractivity contribution < 1.29 is 4.79 Å². The molecule has 0 N–H and O–H groups in total. The monoisotopic (exact) mass is 268 g/mol. The Kier molecular flexibility index (Phi) is 4.09. The Bertz CT molecular complexity index is 339. The van der Waals surface area contributed by atoms with Gasteiger partial charge in [0.25, 0.3) is 0 Å². The first-order valence-corrected chi connectivity index (χ1v) is 5.92. The molecule has 1 unspecified atom stereocenters. The molecule has 2 heteroatoms. The fourth-order valence-electron chi connectivity index (χ4n) is 1.48. The third-order valence-corrected chi connectivity index (χ3v) is 3.11. The van der Waals surface area contributed by atoms with Crippen molar-refractivity contribution in [3.63, 3.8) is 0 Å². The van der Waals surface area contributed by atoms with Crippen LogP contribution in [0.4, 0.5) is 0 Å². The van der Waals surface area contributed by atoms with E-state index < -0.39 is 0 Å². The molecule has 0 radical (unpaired) electrons. The second-order valence-corrected chi connectivity index (χ2v) is 5.86. The molecule has 0 saturated heterocycles. The van der Waals surface area contributed by atoms with Crippen LogP contribution in [0, 0.1) is 11.3 Å². The van der Waals surface area contributed by atoms with Gasteiger partial charge in [-0.25, -0.2) is 0 Å². The highest BCUT2D eigenvalue weighted by atomic mass is 79.9. The van der Waals surface area contributed by atoms with Crippen LogP contribution in [0.15, 0.2) is 28.7 Å². The predicted molar refractivity (Wildman–Crippen MR) is 66.9 cm³/mol. The molecule has 1 nitrogen and oxygen atoms in total. The Morgan fingerprint density at radius 3 is 2.53 bits per heavy atom. The molecule has 0 bridgehead atoms. The number of carbonyl (C=O) groups excluding carboxylic acids is 1. The third-order valence-electron chi connectivity index (χ3n) is 2.62. The van der Waals surface area contributed by atoms with Crippen LogP contribution in [0.5, 0.6) is 0 Å². The molecular weight excluding hydrogens is 252 g/mol. The zero-order chi connectivity index (χ0) is 11.5. The van der Waals surface area contributed by atoms with Crippen LogP contribution in [0.25, 0.3) is 0 Å². The van der Waals surface area contributed by atoms with E-state index in [1.165, 1.54) is 5.56 Å². The van der Waals surface area contributed by atoms with Gasteiger partial charge < -0.3 is 4.79 Å². The highest BCUT2D eigenvalue weighted by molar-refractivity contribution is 9.10. The standard InChI is InChI=1S/C13H17BrO/c1-13(2,3)11(9-15)7-10-5-4-6-12(14)8-10/h4-6,8-9,11H,7H2,1-3H3. The summed E-state index contributed by atoms with van der Waals surface area (Å²) in [6.45, 7) is 6.30. The van der Waals surface area contributed by atoms with Crippen LogP contribution in [0.2, 0.25) is 0 Å². The van der Waals surface area contributed by atoms with Gasteiger partial charge in [0.2, 0.25) is 0 Å². The van der Waals surface area contributed by atoms with Crippen molar-refractivity contribution in [1.82, 2.24) is 0 Å². The van der Waals surface area contributed by atoms with E-state index in [4.69, 9.17) is 0 Å². The smallest absolute Gasteiger partial charge is 0.123 e. The SMILES string of the molecule is CC(C)(C)C(C=O)Cc1cccc(Br)c1. The molecule has 1 atom stereocenters. The van der Waals surface area contributed by atoms with E-state index in [1.54, 1.807) is 0 Å². The molecule has 0 aliphatic heterocycles. The van der Waals surface area contributed by atoms with Crippen LogP contribution in [0.3, 0.4) is 0 Å². The zero-order valence-corrected chi connectivity index (χ0v) is 11.0. The summed E-state index contributed by atoms with van der Waals surface area (Å²) >= 11 is 3.44. The topological polar surface area (TPSA) is 17.1 Å². The highest BCUT2D eigenvalue weighted by Gasteiger charge is 2.24. The molecule has 0 heterocycles. The molecular formula is C13H17BrO. The van der Waals surface area contributed by atoms with Gasteiger partial charge in [-0.3, -0.25) is 0 Å². The fourth-order valence-corrected chi connectivity index (χ4v) is 1.92. The molecule has 0 amide bonds. The number of aldehydes is 1. The van der Waals surface area contributed by atoms with Crippen LogP contribution in [0.1, 0.15) is 26.3 Å². The van der Waals surface area contributed by atoms with Gasteiger partial charge in [0, 0.05) is 10.4 Å². The average Bonchev–Trinajstić information content (AvgIpc) is 2.12. The summed E-state index contributed by atoms with van der Waals surface area (Å²) < 4.78 is 1.07. The van der Waals surface area contributed by atoms with Gasteiger partial charge in [-0.15, -0.1) is 0 Å². The summed E-state index contributed by atoms with van der Waals surface area (Å²) in [5.74, 6) is 0.0757. The van der Waals surface area contributed by atoms with Crippen LogP contribution in [-0.2, 0) is 11.2 Å². The molecule has 1 rings (SSSR count). The van der Waals surface area contributed by atoms with E-state index in [1.807, 2.05) is 12.1 Å². The average molecular weight is 269 g/mol. The Hall–Kier alpha value is -0.630. The minimum absolute atomic E-state index is 0.0318. The lowest BCUT2D eigenvalue weighted by Crippen LogP contribution is -2.23. The summed E-state index contributed by atoms with van der Waals surface area (Å²) in [6, 6.07) is 8.13. The summed E-state index contributed by atoms with van der Waals surface area (Å²) in [5.41, 5.74) is 1.24. The van der Waals surface area contributed by atoms with Gasteiger partial charge in [0.05, 0.1) is 0 Å². The Labute approximate surface area is 100 Å². The largest absolute Gasteiger partial charge is 0.303 e. The zero-order valence-electron chi connectivity index (χ0n) is 9.46. The second-order valence-electron chi connectivity index (χ2n) is 4.94. The molecule has 0 aromatic heterocycles. The van der Waals surface area contributed by atoms with E-state index in [-0.39, 0.29) is 11.3 Å². The second kappa shape index (κ2) is 4.93.